The molecule has 36 heavy (non-hydrogen) atoms. The van der Waals surface area contributed by atoms with Crippen LogP contribution in [0.4, 0.5) is 8.78 Å². The summed E-state index contributed by atoms with van der Waals surface area (Å²) >= 11 is 0. The van der Waals surface area contributed by atoms with E-state index in [4.69, 9.17) is 4.74 Å². The van der Waals surface area contributed by atoms with Gasteiger partial charge in [-0.25, -0.2) is 13.5 Å². The van der Waals surface area contributed by atoms with Crippen molar-refractivity contribution in [3.05, 3.63) is 77.6 Å². The van der Waals surface area contributed by atoms with Crippen LogP contribution in [0.3, 0.4) is 0 Å². The van der Waals surface area contributed by atoms with E-state index in [-0.39, 0.29) is 30.5 Å². The lowest BCUT2D eigenvalue weighted by atomic mass is 9.73. The van der Waals surface area contributed by atoms with Crippen LogP contribution >= 0.6 is 0 Å². The molecular formula is C27H30F2N4O3. The first kappa shape index (κ1) is 24.4. The maximum atomic E-state index is 13.7. The zero-order valence-corrected chi connectivity index (χ0v) is 20.1. The number of amides is 1. The molecule has 3 aromatic rings. The van der Waals surface area contributed by atoms with E-state index in [1.54, 1.807) is 10.9 Å². The minimum atomic E-state index is -0.988. The fourth-order valence-corrected chi connectivity index (χ4v) is 5.21. The number of benzene rings is 2. The Bertz CT molecular complexity index is 1210. The molecule has 5 rings (SSSR count). The Morgan fingerprint density at radius 3 is 2.67 bits per heavy atom. The van der Waals surface area contributed by atoms with Gasteiger partial charge in [0.2, 0.25) is 5.91 Å². The lowest BCUT2D eigenvalue weighted by Crippen LogP contribution is -2.52. The van der Waals surface area contributed by atoms with Gasteiger partial charge < -0.3 is 20.5 Å². The maximum Gasteiger partial charge on any atom is 0.217 e. The molecule has 7 nitrogen and oxygen atoms in total. The van der Waals surface area contributed by atoms with Crippen LogP contribution in [0.5, 0.6) is 5.75 Å². The molecule has 0 bridgehead atoms. The molecule has 3 atom stereocenters. The Balaban J connectivity index is 1.34. The van der Waals surface area contributed by atoms with Crippen molar-refractivity contribution in [1.29, 1.82) is 0 Å². The van der Waals surface area contributed by atoms with Crippen LogP contribution in [0.2, 0.25) is 0 Å². The molecule has 1 saturated carbocycles. The van der Waals surface area contributed by atoms with Crippen LogP contribution in [-0.4, -0.2) is 45.1 Å². The smallest absolute Gasteiger partial charge is 0.217 e. The second-order valence-electron chi connectivity index (χ2n) is 9.83. The number of aliphatic hydroxyl groups is 1. The average Bonchev–Trinajstić information content (AvgIpc) is 3.34. The van der Waals surface area contributed by atoms with Gasteiger partial charge in [0.1, 0.15) is 23.0 Å². The number of halogens is 2. The van der Waals surface area contributed by atoms with Gasteiger partial charge in [0, 0.05) is 50.0 Å². The molecule has 0 radical (unpaired) electrons. The topological polar surface area (TPSA) is 88.4 Å². The van der Waals surface area contributed by atoms with Crippen LogP contribution in [0.1, 0.15) is 49.8 Å². The summed E-state index contributed by atoms with van der Waals surface area (Å²) in [5.41, 5.74) is 2.04. The lowest BCUT2D eigenvalue weighted by Gasteiger charge is -2.48. The largest absolute Gasteiger partial charge is 0.487 e. The van der Waals surface area contributed by atoms with Gasteiger partial charge in [-0.3, -0.25) is 4.79 Å². The molecule has 0 unspecified atom stereocenters. The van der Waals surface area contributed by atoms with Crippen LogP contribution < -0.4 is 15.4 Å². The number of hydrogen-bond acceptors (Lipinski definition) is 5. The third kappa shape index (κ3) is 5.27. The summed E-state index contributed by atoms with van der Waals surface area (Å²) in [6, 6.07) is 10.3. The average molecular weight is 497 g/mol. The van der Waals surface area contributed by atoms with Crippen LogP contribution in [0, 0.1) is 11.6 Å². The number of nitrogens with one attached hydrogen (secondary N) is 2. The predicted octanol–water partition coefficient (Wildman–Crippen LogP) is 3.59. The van der Waals surface area contributed by atoms with Crippen LogP contribution in [-0.2, 0) is 11.2 Å². The summed E-state index contributed by atoms with van der Waals surface area (Å²) in [4.78, 5) is 11.8. The van der Waals surface area contributed by atoms with Gasteiger partial charge in [0.25, 0.3) is 0 Å². The van der Waals surface area contributed by atoms with Crippen molar-refractivity contribution < 1.29 is 23.4 Å². The molecule has 2 aromatic carbocycles. The molecule has 2 heterocycles. The Kier molecular flexibility index (Phi) is 6.77. The second-order valence-corrected chi connectivity index (χ2v) is 9.83. The molecule has 190 valence electrons. The second kappa shape index (κ2) is 9.99. The summed E-state index contributed by atoms with van der Waals surface area (Å²) in [6.45, 7) is 1.53. The van der Waals surface area contributed by atoms with E-state index in [9.17, 15) is 18.7 Å². The maximum absolute atomic E-state index is 13.7. The van der Waals surface area contributed by atoms with Crippen molar-refractivity contribution in [2.45, 2.75) is 62.8 Å². The summed E-state index contributed by atoms with van der Waals surface area (Å²) in [5, 5.41) is 21.6. The van der Waals surface area contributed by atoms with E-state index in [0.717, 1.165) is 48.8 Å². The lowest BCUT2D eigenvalue weighted by molar-refractivity contribution is -0.120. The highest BCUT2D eigenvalue weighted by atomic mass is 19.1. The SMILES string of the molecule is CC(=O)N[C@@H](Cc1cc(F)cc(F)c1)[C@@H](O)CN[C@H]1CC2(CCC2)Oc2ccc(-n3cccn3)cc21. The normalized spacial score (nSPS) is 19.6. The number of rotatable bonds is 8. The van der Waals surface area contributed by atoms with Gasteiger partial charge in [0.05, 0.1) is 17.8 Å². The fraction of sp³-hybridized carbons (Fsp3) is 0.407. The molecule has 1 aliphatic carbocycles. The summed E-state index contributed by atoms with van der Waals surface area (Å²) in [5.74, 6) is -0.907. The van der Waals surface area contributed by atoms with E-state index in [1.807, 2.05) is 30.5 Å². The minimum absolute atomic E-state index is 0.0798. The van der Waals surface area contributed by atoms with Gasteiger partial charge in [0.15, 0.2) is 0 Å². The van der Waals surface area contributed by atoms with Crippen LogP contribution in [0.15, 0.2) is 54.9 Å². The van der Waals surface area contributed by atoms with Crippen molar-refractivity contribution in [3.63, 3.8) is 0 Å². The number of ether oxygens (including phenoxy) is 1. The summed E-state index contributed by atoms with van der Waals surface area (Å²) in [7, 11) is 0. The first-order valence-electron chi connectivity index (χ1n) is 12.3. The molecule has 1 spiro atoms. The van der Waals surface area contributed by atoms with E-state index in [1.165, 1.54) is 19.1 Å². The number of aliphatic hydroxyl groups excluding tert-OH is 1. The zero-order chi connectivity index (χ0) is 25.3. The van der Waals surface area contributed by atoms with Gasteiger partial charge in [-0.1, -0.05) is 0 Å². The highest BCUT2D eigenvalue weighted by molar-refractivity contribution is 5.73. The number of aromatic nitrogens is 2. The van der Waals surface area contributed by atoms with Gasteiger partial charge >= 0.3 is 0 Å². The van der Waals surface area contributed by atoms with E-state index >= 15 is 0 Å². The molecule has 1 amide bonds. The third-order valence-corrected chi connectivity index (χ3v) is 7.11. The Morgan fingerprint density at radius 2 is 2.03 bits per heavy atom. The first-order valence-corrected chi connectivity index (χ1v) is 12.3. The van der Waals surface area contributed by atoms with E-state index in [0.29, 0.717) is 5.56 Å². The van der Waals surface area contributed by atoms with E-state index in [2.05, 4.69) is 15.7 Å². The van der Waals surface area contributed by atoms with Gasteiger partial charge in [-0.2, -0.15) is 5.10 Å². The number of fused-ring (bicyclic) bond motifs is 1. The Morgan fingerprint density at radius 1 is 1.25 bits per heavy atom. The number of carbonyl (C=O) groups excluding carboxylic acids is 1. The monoisotopic (exact) mass is 496 g/mol. The predicted molar refractivity (Wildman–Crippen MR) is 130 cm³/mol. The molecule has 2 aliphatic rings. The fourth-order valence-electron chi connectivity index (χ4n) is 5.21. The number of carbonyl (C=O) groups is 1. The minimum Gasteiger partial charge on any atom is -0.487 e. The molecule has 9 heteroatoms. The quantitative estimate of drug-likeness (QED) is 0.444. The van der Waals surface area contributed by atoms with Crippen LogP contribution in [0.25, 0.3) is 5.69 Å². The summed E-state index contributed by atoms with van der Waals surface area (Å²) in [6.07, 6.45) is 6.53. The highest BCUT2D eigenvalue weighted by Gasteiger charge is 2.45. The van der Waals surface area contributed by atoms with E-state index < -0.39 is 23.8 Å². The molecular weight excluding hydrogens is 466 g/mol. The summed E-state index contributed by atoms with van der Waals surface area (Å²) < 4.78 is 35.6. The molecule has 1 aromatic heterocycles. The number of hydrogen-bond donors (Lipinski definition) is 3. The third-order valence-electron chi connectivity index (χ3n) is 7.11. The molecule has 1 aliphatic heterocycles. The first-order chi connectivity index (χ1) is 17.3. The van der Waals surface area contributed by atoms with Gasteiger partial charge in [-0.15, -0.1) is 0 Å². The van der Waals surface area contributed by atoms with Crippen molar-refractivity contribution >= 4 is 5.91 Å². The van der Waals surface area contributed by atoms with Crippen molar-refractivity contribution in [1.82, 2.24) is 20.4 Å². The molecule has 3 N–H and O–H groups in total. The number of nitrogens with zero attached hydrogens (tertiary/aromatic N) is 2. The van der Waals surface area contributed by atoms with Crippen molar-refractivity contribution in [2.24, 2.45) is 0 Å². The zero-order valence-electron chi connectivity index (χ0n) is 20.1. The van der Waals surface area contributed by atoms with Crippen molar-refractivity contribution in [2.75, 3.05) is 6.54 Å². The van der Waals surface area contributed by atoms with Crippen molar-refractivity contribution in [3.8, 4) is 11.4 Å². The Hall–Kier alpha value is -3.30. The molecule has 0 saturated heterocycles. The Labute approximate surface area is 208 Å². The highest BCUT2D eigenvalue weighted by Crippen LogP contribution is 2.49. The van der Waals surface area contributed by atoms with Gasteiger partial charge in [-0.05, 0) is 67.6 Å². The molecule has 1 fully saturated rings. The standard InChI is InChI=1S/C27H30F2N4O3/c1-17(34)32-23(12-18-10-19(28)13-20(29)11-18)25(35)16-30-24-15-27(6-2-7-27)36-26-5-4-21(14-22(24)26)33-9-3-8-31-33/h3-5,8-11,13-14,23-25,30,35H,2,6-7,12,15-16H2,1H3,(H,32,34)/t23-,24-,25-/m0/s1.